The first kappa shape index (κ1) is 24.0. The van der Waals surface area contributed by atoms with Gasteiger partial charge in [0.05, 0.1) is 5.69 Å². The van der Waals surface area contributed by atoms with Crippen LogP contribution >= 0.6 is 35.3 Å². The van der Waals surface area contributed by atoms with Crippen LogP contribution in [0.2, 0.25) is 0 Å². The van der Waals surface area contributed by atoms with Crippen LogP contribution in [0.5, 0.6) is 0 Å². The van der Waals surface area contributed by atoms with Crippen molar-refractivity contribution in [1.29, 1.82) is 0 Å². The van der Waals surface area contributed by atoms with Gasteiger partial charge in [0.2, 0.25) is 0 Å². The molecular weight excluding hydrogens is 526 g/mol. The lowest BCUT2D eigenvalue weighted by Gasteiger charge is -2.35. The highest BCUT2D eigenvalue weighted by atomic mass is 127. The van der Waals surface area contributed by atoms with E-state index in [2.05, 4.69) is 30.8 Å². The van der Waals surface area contributed by atoms with E-state index in [0.29, 0.717) is 0 Å². The number of nitrogens with zero attached hydrogens (tertiary/aromatic N) is 4. The quantitative estimate of drug-likeness (QED) is 0.321. The van der Waals surface area contributed by atoms with Crippen molar-refractivity contribution >= 4 is 52.1 Å². The van der Waals surface area contributed by atoms with Gasteiger partial charge in [0, 0.05) is 63.3 Å². The lowest BCUT2D eigenvalue weighted by molar-refractivity contribution is 0.467. The van der Waals surface area contributed by atoms with E-state index >= 15 is 0 Å². The number of nitrogens with one attached hydrogen (secondary N) is 2. The van der Waals surface area contributed by atoms with Gasteiger partial charge in [-0.05, 0) is 43.9 Å². The molecule has 2 aliphatic rings. The molecule has 9 heteroatoms. The van der Waals surface area contributed by atoms with Crippen molar-refractivity contribution in [3.05, 3.63) is 41.2 Å². The molecule has 31 heavy (non-hydrogen) atoms. The minimum atomic E-state index is -0.185. The Balaban J connectivity index is 0.00000272. The van der Waals surface area contributed by atoms with Crippen LogP contribution < -0.4 is 20.4 Å². The average Bonchev–Trinajstić information content (AvgIpc) is 3.45. The maximum absolute atomic E-state index is 13.6. The number of aliphatic imine (C=N–C) groups is 1. The summed E-state index contributed by atoms with van der Waals surface area (Å²) >= 11 is 1.75. The van der Waals surface area contributed by atoms with Crippen LogP contribution in [0.15, 0.2) is 34.6 Å². The average molecular weight is 559 g/mol. The number of anilines is 2. The molecule has 2 aliphatic heterocycles. The Morgan fingerprint density at radius 1 is 1.23 bits per heavy atom. The van der Waals surface area contributed by atoms with Gasteiger partial charge in [-0.1, -0.05) is 6.07 Å². The lowest BCUT2D eigenvalue weighted by Crippen LogP contribution is -2.51. The summed E-state index contributed by atoms with van der Waals surface area (Å²) in [5.41, 5.74) is 2.08. The molecule has 2 saturated heterocycles. The Morgan fingerprint density at radius 3 is 2.81 bits per heavy atom. The van der Waals surface area contributed by atoms with E-state index in [4.69, 9.17) is 4.98 Å². The molecule has 0 bridgehead atoms. The van der Waals surface area contributed by atoms with Crippen LogP contribution in [0.3, 0.4) is 0 Å². The fraction of sp³-hybridized carbons (Fsp3) is 0.545. The number of piperidine rings is 1. The van der Waals surface area contributed by atoms with Crippen LogP contribution in [0.1, 0.15) is 31.4 Å². The molecular formula is C22H32FIN6S. The maximum atomic E-state index is 13.6. The molecule has 1 atom stereocenters. The summed E-state index contributed by atoms with van der Waals surface area (Å²) < 4.78 is 13.6. The van der Waals surface area contributed by atoms with Gasteiger partial charge in [0.15, 0.2) is 11.1 Å². The summed E-state index contributed by atoms with van der Waals surface area (Å²) in [6.07, 6.45) is 5.58. The third-order valence-corrected chi connectivity index (χ3v) is 6.70. The smallest absolute Gasteiger partial charge is 0.191 e. The van der Waals surface area contributed by atoms with Gasteiger partial charge in [-0.25, -0.2) is 9.37 Å². The molecule has 2 fully saturated rings. The van der Waals surface area contributed by atoms with Gasteiger partial charge in [0.25, 0.3) is 0 Å². The zero-order valence-electron chi connectivity index (χ0n) is 18.0. The van der Waals surface area contributed by atoms with Gasteiger partial charge < -0.3 is 20.4 Å². The molecule has 2 aromatic rings. The summed E-state index contributed by atoms with van der Waals surface area (Å²) in [5, 5.41) is 10.3. The Morgan fingerprint density at radius 2 is 2.03 bits per heavy atom. The van der Waals surface area contributed by atoms with Crippen molar-refractivity contribution in [2.24, 2.45) is 4.99 Å². The second-order valence-electron chi connectivity index (χ2n) is 7.97. The molecule has 3 heterocycles. The highest BCUT2D eigenvalue weighted by molar-refractivity contribution is 14.0. The Bertz CT molecular complexity index is 854. The van der Waals surface area contributed by atoms with Crippen LogP contribution in [0.25, 0.3) is 0 Å². The number of benzene rings is 1. The second kappa shape index (κ2) is 11.8. The molecule has 2 N–H and O–H groups in total. The molecule has 1 aromatic heterocycles. The van der Waals surface area contributed by atoms with Crippen molar-refractivity contribution < 1.29 is 4.39 Å². The highest BCUT2D eigenvalue weighted by Gasteiger charge is 2.21. The molecule has 1 aromatic carbocycles. The van der Waals surface area contributed by atoms with Gasteiger partial charge in [-0.2, -0.15) is 0 Å². The SMILES string of the molecule is CN=C(NCCc1csc(N2CCCC2)n1)NC1CCCN(c2cccc(F)c2)C1.I. The fourth-order valence-corrected chi connectivity index (χ4v) is 5.08. The van der Waals surface area contributed by atoms with Gasteiger partial charge in [-0.3, -0.25) is 4.99 Å². The summed E-state index contributed by atoms with van der Waals surface area (Å²) in [7, 11) is 1.80. The number of thiazole rings is 1. The third-order valence-electron chi connectivity index (χ3n) is 5.75. The van der Waals surface area contributed by atoms with E-state index in [1.165, 1.54) is 18.9 Å². The van der Waals surface area contributed by atoms with E-state index in [-0.39, 0.29) is 35.8 Å². The first-order chi connectivity index (χ1) is 14.7. The minimum absolute atomic E-state index is 0. The first-order valence-corrected chi connectivity index (χ1v) is 11.8. The third kappa shape index (κ3) is 6.68. The van der Waals surface area contributed by atoms with Crippen LogP contribution in [-0.4, -0.2) is 56.8 Å². The molecule has 4 rings (SSSR count). The zero-order valence-corrected chi connectivity index (χ0v) is 21.2. The summed E-state index contributed by atoms with van der Waals surface area (Å²) in [5.74, 6) is 0.631. The van der Waals surface area contributed by atoms with Crippen molar-refractivity contribution in [2.45, 2.75) is 38.1 Å². The van der Waals surface area contributed by atoms with Crippen molar-refractivity contribution in [2.75, 3.05) is 49.6 Å². The highest BCUT2D eigenvalue weighted by Crippen LogP contribution is 2.24. The predicted molar refractivity (Wildman–Crippen MR) is 139 cm³/mol. The number of aromatic nitrogens is 1. The number of rotatable bonds is 6. The largest absolute Gasteiger partial charge is 0.369 e. The summed E-state index contributed by atoms with van der Waals surface area (Å²) in [4.78, 5) is 13.8. The monoisotopic (exact) mass is 558 g/mol. The molecule has 1 unspecified atom stereocenters. The fourth-order valence-electron chi connectivity index (χ4n) is 4.16. The van der Waals surface area contributed by atoms with E-state index in [1.54, 1.807) is 30.5 Å². The summed E-state index contributed by atoms with van der Waals surface area (Å²) in [6.45, 7) is 4.86. The zero-order chi connectivity index (χ0) is 20.8. The van der Waals surface area contributed by atoms with Gasteiger partial charge in [0.1, 0.15) is 5.82 Å². The van der Waals surface area contributed by atoms with Crippen molar-refractivity contribution in [1.82, 2.24) is 15.6 Å². The molecule has 170 valence electrons. The molecule has 0 radical (unpaired) electrons. The Kier molecular flexibility index (Phi) is 9.18. The normalized spacial score (nSPS) is 19.3. The Hall–Kier alpha value is -1.62. The Labute approximate surface area is 205 Å². The van der Waals surface area contributed by atoms with Crippen molar-refractivity contribution in [3.63, 3.8) is 0 Å². The summed E-state index contributed by atoms with van der Waals surface area (Å²) in [6, 6.07) is 7.14. The van der Waals surface area contributed by atoms with E-state index in [0.717, 1.165) is 74.5 Å². The number of hydrogen-bond acceptors (Lipinski definition) is 5. The standard InChI is InChI=1S/C22H31FN6S.HI/c1-24-21(25-10-9-19-16-30-22(27-19)28-11-2-3-12-28)26-18-7-5-13-29(15-18)20-8-4-6-17(23)14-20;/h4,6,8,14,16,18H,2-3,5,7,9-13,15H2,1H3,(H2,24,25,26);1H. The molecule has 6 nitrogen and oxygen atoms in total. The molecule has 0 saturated carbocycles. The van der Waals surface area contributed by atoms with E-state index in [1.807, 2.05) is 6.07 Å². The van der Waals surface area contributed by atoms with Gasteiger partial charge >= 0.3 is 0 Å². The first-order valence-electron chi connectivity index (χ1n) is 10.9. The van der Waals surface area contributed by atoms with Crippen LogP contribution in [0.4, 0.5) is 15.2 Å². The second-order valence-corrected chi connectivity index (χ2v) is 8.81. The van der Waals surface area contributed by atoms with E-state index < -0.39 is 0 Å². The molecule has 0 aliphatic carbocycles. The molecule has 0 amide bonds. The topological polar surface area (TPSA) is 55.8 Å². The van der Waals surface area contributed by atoms with E-state index in [9.17, 15) is 4.39 Å². The van der Waals surface area contributed by atoms with Crippen LogP contribution in [0, 0.1) is 5.82 Å². The van der Waals surface area contributed by atoms with Crippen LogP contribution in [-0.2, 0) is 6.42 Å². The minimum Gasteiger partial charge on any atom is -0.369 e. The molecule has 0 spiro atoms. The predicted octanol–water partition coefficient (Wildman–Crippen LogP) is 3.88. The van der Waals surface area contributed by atoms with Gasteiger partial charge in [-0.15, -0.1) is 35.3 Å². The maximum Gasteiger partial charge on any atom is 0.191 e. The number of halogens is 2. The lowest BCUT2D eigenvalue weighted by atomic mass is 10.0. The number of hydrogen-bond donors (Lipinski definition) is 2. The number of guanidine groups is 1. The van der Waals surface area contributed by atoms with Crippen molar-refractivity contribution in [3.8, 4) is 0 Å².